The van der Waals surface area contributed by atoms with Gasteiger partial charge in [-0.25, -0.2) is 14.4 Å². The SMILES string of the molecule is CCC(C)OC(=O)Oc1ccc(C[C@H](N)C(=O)O[C@@H](C)COC(=O)Oc2ccccc2)cc1OC(=O)OC(C)CC. The number of benzene rings is 2. The van der Waals surface area contributed by atoms with Gasteiger partial charge in [0.25, 0.3) is 0 Å². The zero-order chi connectivity index (χ0) is 30.4. The van der Waals surface area contributed by atoms with E-state index in [-0.39, 0.29) is 30.6 Å². The molecule has 0 aromatic heterocycles. The number of hydrogen-bond donors (Lipinski definition) is 1. The first-order chi connectivity index (χ1) is 19.5. The van der Waals surface area contributed by atoms with E-state index >= 15 is 0 Å². The number of hydrogen-bond acceptors (Lipinski definition) is 12. The maximum atomic E-state index is 12.5. The third-order valence-corrected chi connectivity index (χ3v) is 5.60. The van der Waals surface area contributed by atoms with E-state index in [1.165, 1.54) is 25.1 Å². The summed E-state index contributed by atoms with van der Waals surface area (Å²) in [6.45, 7) is 8.35. The first-order valence-corrected chi connectivity index (χ1v) is 13.3. The monoisotopic (exact) mass is 575 g/mol. The summed E-state index contributed by atoms with van der Waals surface area (Å²) < 4.78 is 36.0. The molecule has 4 atom stereocenters. The Bertz CT molecular complexity index is 1150. The fourth-order valence-corrected chi connectivity index (χ4v) is 3.02. The summed E-state index contributed by atoms with van der Waals surface area (Å²) in [7, 11) is 0. The van der Waals surface area contributed by atoms with Crippen LogP contribution in [0, 0.1) is 0 Å². The Kier molecular flexibility index (Phi) is 13.4. The van der Waals surface area contributed by atoms with Crippen molar-refractivity contribution in [3.8, 4) is 17.2 Å². The molecule has 0 saturated carbocycles. The normalized spacial score (nSPS) is 13.5. The lowest BCUT2D eigenvalue weighted by atomic mass is 10.1. The standard InChI is InChI=1S/C29H37NO11/c1-6-18(3)37-28(33)40-24-14-13-21(16-25(24)41-29(34)38-19(4)7-2)15-23(30)26(31)36-20(5)17-35-27(32)39-22-11-9-8-10-12-22/h8-14,16,18-20,23H,6-7,15,17,30H2,1-5H3/t18?,19?,20-,23-/m0/s1. The van der Waals surface area contributed by atoms with Gasteiger partial charge in [0.05, 0.1) is 0 Å². The molecule has 0 aliphatic rings. The van der Waals surface area contributed by atoms with Gasteiger partial charge in [-0.05, 0) is 69.9 Å². The van der Waals surface area contributed by atoms with Crippen molar-refractivity contribution >= 4 is 24.4 Å². The van der Waals surface area contributed by atoms with E-state index in [9.17, 15) is 19.2 Å². The topological polar surface area (TPSA) is 159 Å². The van der Waals surface area contributed by atoms with Gasteiger partial charge in [-0.1, -0.05) is 38.1 Å². The Morgan fingerprint density at radius 1 is 0.707 bits per heavy atom. The number of carbonyl (C=O) groups is 4. The minimum Gasteiger partial charge on any atom is -0.458 e. The summed E-state index contributed by atoms with van der Waals surface area (Å²) in [6.07, 6.45) is -3.39. The van der Waals surface area contributed by atoms with E-state index in [4.69, 9.17) is 38.9 Å². The van der Waals surface area contributed by atoms with Crippen LogP contribution in [-0.4, -0.2) is 55.4 Å². The van der Waals surface area contributed by atoms with Crippen molar-refractivity contribution in [3.63, 3.8) is 0 Å². The van der Waals surface area contributed by atoms with Crippen LogP contribution < -0.4 is 19.9 Å². The molecule has 0 saturated heterocycles. The summed E-state index contributed by atoms with van der Waals surface area (Å²) in [5, 5.41) is 0. The highest BCUT2D eigenvalue weighted by molar-refractivity contribution is 5.76. The molecule has 224 valence electrons. The maximum absolute atomic E-state index is 12.5. The first-order valence-electron chi connectivity index (χ1n) is 13.3. The van der Waals surface area contributed by atoms with Gasteiger partial charge >= 0.3 is 24.4 Å². The number of carbonyl (C=O) groups excluding carboxylic acids is 4. The third-order valence-electron chi connectivity index (χ3n) is 5.60. The van der Waals surface area contributed by atoms with Gasteiger partial charge in [-0.15, -0.1) is 0 Å². The molecule has 0 fully saturated rings. The molecule has 2 rings (SSSR count). The second kappa shape index (κ2) is 16.7. The van der Waals surface area contributed by atoms with Crippen molar-refractivity contribution in [3.05, 3.63) is 54.1 Å². The van der Waals surface area contributed by atoms with E-state index < -0.39 is 42.7 Å². The molecule has 2 N–H and O–H groups in total. The van der Waals surface area contributed by atoms with Crippen molar-refractivity contribution in [2.24, 2.45) is 5.73 Å². The number of esters is 1. The summed E-state index contributed by atoms with van der Waals surface area (Å²) in [6, 6.07) is 11.5. The molecule has 0 amide bonds. The Hall–Kier alpha value is -4.32. The molecule has 2 aromatic carbocycles. The zero-order valence-corrected chi connectivity index (χ0v) is 23.8. The lowest BCUT2D eigenvalue weighted by Gasteiger charge is -2.18. The molecule has 0 heterocycles. The van der Waals surface area contributed by atoms with Crippen LogP contribution in [0.4, 0.5) is 14.4 Å². The van der Waals surface area contributed by atoms with Crippen molar-refractivity contribution < 1.29 is 52.3 Å². The fraction of sp³-hybridized carbons (Fsp3) is 0.448. The molecule has 12 nitrogen and oxygen atoms in total. The van der Waals surface area contributed by atoms with Crippen LogP contribution in [-0.2, 0) is 30.2 Å². The van der Waals surface area contributed by atoms with Crippen LogP contribution in [0.5, 0.6) is 17.2 Å². The number of rotatable bonds is 13. The van der Waals surface area contributed by atoms with Crippen LogP contribution in [0.1, 0.15) is 53.0 Å². The van der Waals surface area contributed by atoms with Gasteiger partial charge in [0.15, 0.2) is 11.5 Å². The Balaban J connectivity index is 2.00. The smallest absolute Gasteiger partial charge is 0.458 e. The molecule has 0 spiro atoms. The van der Waals surface area contributed by atoms with Gasteiger partial charge in [0.1, 0.15) is 36.7 Å². The molecule has 2 unspecified atom stereocenters. The van der Waals surface area contributed by atoms with Crippen LogP contribution in [0.3, 0.4) is 0 Å². The minimum atomic E-state index is -1.12. The van der Waals surface area contributed by atoms with Gasteiger partial charge in [0, 0.05) is 0 Å². The summed E-state index contributed by atoms with van der Waals surface area (Å²) in [4.78, 5) is 48.8. The summed E-state index contributed by atoms with van der Waals surface area (Å²) >= 11 is 0. The zero-order valence-electron chi connectivity index (χ0n) is 23.8. The molecular formula is C29H37NO11. The fourth-order valence-electron chi connectivity index (χ4n) is 3.02. The predicted octanol–water partition coefficient (Wildman–Crippen LogP) is 5.33. The highest BCUT2D eigenvalue weighted by atomic mass is 16.8. The Morgan fingerprint density at radius 2 is 1.29 bits per heavy atom. The maximum Gasteiger partial charge on any atom is 0.514 e. The van der Waals surface area contributed by atoms with Crippen molar-refractivity contribution in [2.45, 2.75) is 78.2 Å². The number of ether oxygens (including phenoxy) is 7. The highest BCUT2D eigenvalue weighted by Gasteiger charge is 2.23. The lowest BCUT2D eigenvalue weighted by molar-refractivity contribution is -0.151. The highest BCUT2D eigenvalue weighted by Crippen LogP contribution is 2.30. The number of para-hydroxylation sites is 1. The van der Waals surface area contributed by atoms with Crippen molar-refractivity contribution in [2.75, 3.05) is 6.61 Å². The first kappa shape index (κ1) is 32.9. The molecular weight excluding hydrogens is 538 g/mol. The molecule has 41 heavy (non-hydrogen) atoms. The van der Waals surface area contributed by atoms with Crippen LogP contribution in [0.15, 0.2) is 48.5 Å². The van der Waals surface area contributed by atoms with Crippen LogP contribution in [0.2, 0.25) is 0 Å². The van der Waals surface area contributed by atoms with Gasteiger partial charge in [-0.2, -0.15) is 0 Å². The van der Waals surface area contributed by atoms with Gasteiger partial charge in [0.2, 0.25) is 0 Å². The molecule has 0 radical (unpaired) electrons. The molecule has 2 aromatic rings. The van der Waals surface area contributed by atoms with Crippen molar-refractivity contribution in [1.82, 2.24) is 0 Å². The van der Waals surface area contributed by atoms with E-state index in [0.717, 1.165) is 0 Å². The van der Waals surface area contributed by atoms with Crippen LogP contribution in [0.25, 0.3) is 0 Å². The third kappa shape index (κ3) is 12.2. The second-order valence-corrected chi connectivity index (χ2v) is 9.19. The number of nitrogens with two attached hydrogens (primary N) is 1. The molecule has 0 bridgehead atoms. The second-order valence-electron chi connectivity index (χ2n) is 9.19. The van der Waals surface area contributed by atoms with E-state index in [1.54, 1.807) is 44.2 Å². The van der Waals surface area contributed by atoms with E-state index in [1.807, 2.05) is 13.8 Å². The Labute approximate surface area is 238 Å². The predicted molar refractivity (Wildman–Crippen MR) is 146 cm³/mol. The van der Waals surface area contributed by atoms with E-state index in [2.05, 4.69) is 0 Å². The van der Waals surface area contributed by atoms with Crippen LogP contribution >= 0.6 is 0 Å². The molecule has 0 aliphatic heterocycles. The molecule has 0 aliphatic carbocycles. The minimum absolute atomic E-state index is 0.0170. The largest absolute Gasteiger partial charge is 0.514 e. The average molecular weight is 576 g/mol. The van der Waals surface area contributed by atoms with E-state index in [0.29, 0.717) is 24.2 Å². The van der Waals surface area contributed by atoms with Crippen molar-refractivity contribution in [1.29, 1.82) is 0 Å². The summed E-state index contributed by atoms with van der Waals surface area (Å²) in [5.74, 6) is -0.665. The molecule has 12 heteroatoms. The Morgan fingerprint density at radius 3 is 1.88 bits per heavy atom. The van der Waals surface area contributed by atoms with Gasteiger partial charge in [-0.3, -0.25) is 4.79 Å². The lowest BCUT2D eigenvalue weighted by Crippen LogP contribution is -2.37. The quantitative estimate of drug-likeness (QED) is 0.186. The average Bonchev–Trinajstić information content (AvgIpc) is 2.93. The summed E-state index contributed by atoms with van der Waals surface area (Å²) in [5.41, 5.74) is 6.51. The van der Waals surface area contributed by atoms with Gasteiger partial charge < -0.3 is 38.9 Å².